The average Bonchev–Trinajstić information content (AvgIpc) is 2.42. The quantitative estimate of drug-likeness (QED) is 0.739. The summed E-state index contributed by atoms with van der Waals surface area (Å²) in [5.74, 6) is 0.0875. The van der Waals surface area contributed by atoms with Crippen molar-refractivity contribution in [2.45, 2.75) is 27.2 Å². The van der Waals surface area contributed by atoms with Gasteiger partial charge in [-0.1, -0.05) is 47.1 Å². The molecule has 0 saturated heterocycles. The molecule has 2 aromatic rings. The minimum absolute atomic E-state index is 0.0875. The number of ketones is 1. The lowest BCUT2D eigenvalue weighted by molar-refractivity contribution is 0.103. The van der Waals surface area contributed by atoms with Gasteiger partial charge in [0.15, 0.2) is 5.78 Å². The second kappa shape index (κ2) is 5.70. The van der Waals surface area contributed by atoms with E-state index in [-0.39, 0.29) is 5.78 Å². The van der Waals surface area contributed by atoms with Crippen LogP contribution in [0.2, 0.25) is 0 Å². The minimum atomic E-state index is 0.0875. The summed E-state index contributed by atoms with van der Waals surface area (Å²) in [4.78, 5) is 12.6. The van der Waals surface area contributed by atoms with Crippen molar-refractivity contribution >= 4 is 21.7 Å². The Morgan fingerprint density at radius 3 is 2.32 bits per heavy atom. The van der Waals surface area contributed by atoms with Gasteiger partial charge in [0.1, 0.15) is 0 Å². The first kappa shape index (κ1) is 14.0. The molecule has 0 spiro atoms. The van der Waals surface area contributed by atoms with E-state index in [1.165, 1.54) is 5.56 Å². The van der Waals surface area contributed by atoms with Crippen molar-refractivity contribution in [2.75, 3.05) is 0 Å². The van der Waals surface area contributed by atoms with Gasteiger partial charge in [-0.3, -0.25) is 4.79 Å². The minimum Gasteiger partial charge on any atom is -0.289 e. The largest absolute Gasteiger partial charge is 0.289 e. The molecule has 19 heavy (non-hydrogen) atoms. The van der Waals surface area contributed by atoms with Crippen LogP contribution in [0.5, 0.6) is 0 Å². The third-order valence-corrected chi connectivity index (χ3v) is 4.18. The summed E-state index contributed by atoms with van der Waals surface area (Å²) in [5, 5.41) is 0. The normalized spacial score (nSPS) is 10.5. The Morgan fingerprint density at radius 2 is 1.74 bits per heavy atom. The highest BCUT2D eigenvalue weighted by Gasteiger charge is 2.14. The van der Waals surface area contributed by atoms with Gasteiger partial charge >= 0.3 is 0 Å². The highest BCUT2D eigenvalue weighted by atomic mass is 79.9. The average molecular weight is 317 g/mol. The number of halogens is 1. The molecule has 0 amide bonds. The summed E-state index contributed by atoms with van der Waals surface area (Å²) >= 11 is 3.51. The van der Waals surface area contributed by atoms with Crippen molar-refractivity contribution in [1.82, 2.24) is 0 Å². The van der Waals surface area contributed by atoms with E-state index >= 15 is 0 Å². The maximum absolute atomic E-state index is 12.6. The van der Waals surface area contributed by atoms with Crippen LogP contribution in [0, 0.1) is 13.8 Å². The lowest BCUT2D eigenvalue weighted by atomic mass is 9.96. The first-order valence-electron chi connectivity index (χ1n) is 6.43. The van der Waals surface area contributed by atoms with E-state index in [0.717, 1.165) is 33.1 Å². The SMILES string of the molecule is CCc1ccc(C(=O)c2cc(C)cc(Br)c2C)cc1. The number of carbonyl (C=O) groups is 1. The Kier molecular flexibility index (Phi) is 4.20. The monoisotopic (exact) mass is 316 g/mol. The van der Waals surface area contributed by atoms with E-state index in [0.29, 0.717) is 0 Å². The predicted molar refractivity (Wildman–Crippen MR) is 82.9 cm³/mol. The third kappa shape index (κ3) is 2.95. The van der Waals surface area contributed by atoms with Crippen molar-refractivity contribution in [3.8, 4) is 0 Å². The molecule has 0 N–H and O–H groups in total. The first-order valence-corrected chi connectivity index (χ1v) is 7.22. The molecule has 2 aromatic carbocycles. The molecule has 0 aliphatic heterocycles. The van der Waals surface area contributed by atoms with E-state index in [9.17, 15) is 4.79 Å². The maximum Gasteiger partial charge on any atom is 0.193 e. The summed E-state index contributed by atoms with van der Waals surface area (Å²) < 4.78 is 0.987. The molecule has 0 aromatic heterocycles. The molecule has 0 aliphatic carbocycles. The van der Waals surface area contributed by atoms with Crippen LogP contribution in [-0.4, -0.2) is 5.78 Å². The third-order valence-electron chi connectivity index (χ3n) is 3.36. The van der Waals surface area contributed by atoms with Crippen molar-refractivity contribution in [3.63, 3.8) is 0 Å². The predicted octanol–water partition coefficient (Wildman–Crippen LogP) is 4.86. The van der Waals surface area contributed by atoms with Crippen molar-refractivity contribution in [1.29, 1.82) is 0 Å². The molecule has 0 fully saturated rings. The van der Waals surface area contributed by atoms with Crippen LogP contribution in [0.25, 0.3) is 0 Å². The van der Waals surface area contributed by atoms with Gasteiger partial charge in [0.25, 0.3) is 0 Å². The van der Waals surface area contributed by atoms with Crippen molar-refractivity contribution in [3.05, 3.63) is 68.7 Å². The van der Waals surface area contributed by atoms with Gasteiger partial charge in [-0.2, -0.15) is 0 Å². The Bertz CT molecular complexity index is 612. The smallest absolute Gasteiger partial charge is 0.193 e. The molecule has 0 bridgehead atoms. The summed E-state index contributed by atoms with van der Waals surface area (Å²) in [6, 6.07) is 11.9. The molecule has 0 atom stereocenters. The summed E-state index contributed by atoms with van der Waals surface area (Å²) in [5.41, 5.74) is 4.86. The van der Waals surface area contributed by atoms with Crippen molar-refractivity contribution < 1.29 is 4.79 Å². The van der Waals surface area contributed by atoms with Crippen LogP contribution in [0.15, 0.2) is 40.9 Å². The van der Waals surface area contributed by atoms with Crippen LogP contribution < -0.4 is 0 Å². The molecule has 0 saturated carbocycles. The first-order chi connectivity index (χ1) is 9.02. The van der Waals surface area contributed by atoms with Crippen molar-refractivity contribution in [2.24, 2.45) is 0 Å². The molecule has 0 radical (unpaired) electrons. The number of hydrogen-bond acceptors (Lipinski definition) is 1. The van der Waals surface area contributed by atoms with Gasteiger partial charge in [0.2, 0.25) is 0 Å². The van der Waals surface area contributed by atoms with Gasteiger partial charge in [0, 0.05) is 15.6 Å². The number of carbonyl (C=O) groups excluding carboxylic acids is 1. The zero-order valence-electron chi connectivity index (χ0n) is 11.5. The van der Waals surface area contributed by atoms with Crippen LogP contribution in [-0.2, 0) is 6.42 Å². The van der Waals surface area contributed by atoms with Crippen LogP contribution >= 0.6 is 15.9 Å². The van der Waals surface area contributed by atoms with Gasteiger partial charge < -0.3 is 0 Å². The Balaban J connectivity index is 2.43. The Labute approximate surface area is 122 Å². The van der Waals surface area contributed by atoms with Crippen LogP contribution in [0.4, 0.5) is 0 Å². The van der Waals surface area contributed by atoms with Crippen LogP contribution in [0.3, 0.4) is 0 Å². The molecule has 98 valence electrons. The molecule has 1 nitrogen and oxygen atoms in total. The number of hydrogen-bond donors (Lipinski definition) is 0. The number of rotatable bonds is 3. The van der Waals surface area contributed by atoms with Crippen LogP contribution in [0.1, 0.15) is 39.5 Å². The fraction of sp³-hybridized carbons (Fsp3) is 0.235. The summed E-state index contributed by atoms with van der Waals surface area (Å²) in [6.45, 7) is 6.08. The molecular weight excluding hydrogens is 300 g/mol. The van der Waals surface area contributed by atoms with E-state index < -0.39 is 0 Å². The number of aryl methyl sites for hydroxylation is 2. The van der Waals surface area contributed by atoms with E-state index in [1.807, 2.05) is 50.2 Å². The van der Waals surface area contributed by atoms with E-state index in [1.54, 1.807) is 0 Å². The van der Waals surface area contributed by atoms with E-state index in [4.69, 9.17) is 0 Å². The number of benzene rings is 2. The molecule has 2 heteroatoms. The Morgan fingerprint density at radius 1 is 1.11 bits per heavy atom. The second-order valence-corrected chi connectivity index (χ2v) is 5.65. The van der Waals surface area contributed by atoms with Gasteiger partial charge in [-0.15, -0.1) is 0 Å². The highest BCUT2D eigenvalue weighted by Crippen LogP contribution is 2.24. The lowest BCUT2D eigenvalue weighted by Crippen LogP contribution is -2.05. The molecule has 0 aliphatic rings. The summed E-state index contributed by atoms with van der Waals surface area (Å²) in [6.07, 6.45) is 0.990. The maximum atomic E-state index is 12.6. The van der Waals surface area contributed by atoms with Gasteiger partial charge in [-0.25, -0.2) is 0 Å². The second-order valence-electron chi connectivity index (χ2n) is 4.80. The summed E-state index contributed by atoms with van der Waals surface area (Å²) in [7, 11) is 0. The zero-order chi connectivity index (χ0) is 14.0. The molecule has 2 rings (SSSR count). The fourth-order valence-electron chi connectivity index (χ4n) is 2.10. The molecular formula is C17H17BrO. The zero-order valence-corrected chi connectivity index (χ0v) is 13.0. The molecule has 0 unspecified atom stereocenters. The lowest BCUT2D eigenvalue weighted by Gasteiger charge is -2.09. The molecule has 0 heterocycles. The Hall–Kier alpha value is -1.41. The van der Waals surface area contributed by atoms with Gasteiger partial charge in [0.05, 0.1) is 0 Å². The van der Waals surface area contributed by atoms with Gasteiger partial charge in [-0.05, 0) is 49.1 Å². The topological polar surface area (TPSA) is 17.1 Å². The van der Waals surface area contributed by atoms with E-state index in [2.05, 4.69) is 22.9 Å². The standard InChI is InChI=1S/C17H17BrO/c1-4-13-5-7-14(8-6-13)17(19)15-9-11(2)10-16(18)12(15)3/h5-10H,4H2,1-3H3. The fourth-order valence-corrected chi connectivity index (χ4v) is 2.67. The highest BCUT2D eigenvalue weighted by molar-refractivity contribution is 9.10.